The molecule has 2 N–H and O–H groups in total. The Hall–Kier alpha value is -2.92. The first-order valence-electron chi connectivity index (χ1n) is 10.6. The second kappa shape index (κ2) is 11.5. The molecule has 1 heterocycles. The average Bonchev–Trinajstić information content (AvgIpc) is 2.74. The van der Waals surface area contributed by atoms with Crippen molar-refractivity contribution in [2.24, 2.45) is 0 Å². The fourth-order valence-electron chi connectivity index (χ4n) is 3.40. The molecule has 0 atom stereocenters. The fourth-order valence-corrected chi connectivity index (χ4v) is 3.40. The van der Waals surface area contributed by atoms with Crippen molar-refractivity contribution in [1.29, 1.82) is 5.26 Å². The largest absolute Gasteiger partial charge is 0.394 e. The van der Waals surface area contributed by atoms with Crippen molar-refractivity contribution < 1.29 is 19.4 Å². The van der Waals surface area contributed by atoms with Crippen LogP contribution in [-0.4, -0.2) is 63.7 Å². The van der Waals surface area contributed by atoms with Gasteiger partial charge in [-0.2, -0.15) is 5.26 Å². The number of carbonyl (C=O) groups is 1. The minimum absolute atomic E-state index is 0.0183. The summed E-state index contributed by atoms with van der Waals surface area (Å²) in [5.41, 5.74) is 2.83. The Morgan fingerprint density at radius 2 is 1.81 bits per heavy atom. The van der Waals surface area contributed by atoms with Gasteiger partial charge in [-0.15, -0.1) is 0 Å². The Labute approximate surface area is 182 Å². The highest BCUT2D eigenvalue weighted by molar-refractivity contribution is 6.05. The van der Waals surface area contributed by atoms with Crippen molar-refractivity contribution in [2.45, 2.75) is 13.3 Å². The normalized spacial score (nSPS) is 14.0. The van der Waals surface area contributed by atoms with Crippen molar-refractivity contribution in [3.8, 4) is 6.07 Å². The highest BCUT2D eigenvalue weighted by atomic mass is 16.5. The second-order valence-corrected chi connectivity index (χ2v) is 7.40. The monoisotopic (exact) mass is 423 g/mol. The van der Waals surface area contributed by atoms with E-state index in [1.165, 1.54) is 12.1 Å². The summed E-state index contributed by atoms with van der Waals surface area (Å²) in [4.78, 5) is 14.8. The van der Waals surface area contributed by atoms with Crippen molar-refractivity contribution >= 4 is 27.9 Å². The highest BCUT2D eigenvalue weighted by Crippen LogP contribution is 2.28. The molecule has 1 amide bonds. The number of hydrogen-bond acceptors (Lipinski definition) is 6. The first-order chi connectivity index (χ1) is 15.1. The van der Waals surface area contributed by atoms with Crippen LogP contribution >= 0.6 is 0 Å². The summed E-state index contributed by atoms with van der Waals surface area (Å²) in [6.45, 7) is 5.66. The molecule has 1 saturated heterocycles. The number of amides is 1. The molecule has 0 unspecified atom stereocenters. The van der Waals surface area contributed by atoms with Gasteiger partial charge >= 0.3 is 0 Å². The van der Waals surface area contributed by atoms with Gasteiger partial charge in [-0.25, -0.2) is 0 Å². The smallest absolute Gasteiger partial charge is 0.262 e. The molecule has 0 spiro atoms. The number of rotatable bonds is 11. The predicted octanol–water partition coefficient (Wildman–Crippen LogP) is 2.49. The van der Waals surface area contributed by atoms with Gasteiger partial charge in [-0.3, -0.25) is 4.79 Å². The molecule has 1 fully saturated rings. The molecule has 2 aromatic carbocycles. The van der Waals surface area contributed by atoms with E-state index in [1.54, 1.807) is 6.92 Å². The van der Waals surface area contributed by atoms with E-state index in [4.69, 9.17) is 14.6 Å². The summed E-state index contributed by atoms with van der Waals surface area (Å²) in [6, 6.07) is 14.4. The number of ether oxygens (including phenoxy) is 2. The minimum atomic E-state index is -0.409. The second-order valence-electron chi connectivity index (χ2n) is 7.40. The third-order valence-electron chi connectivity index (χ3n) is 5.33. The first-order valence-corrected chi connectivity index (χ1v) is 10.6. The predicted molar refractivity (Wildman–Crippen MR) is 121 cm³/mol. The number of nitrogens with zero attached hydrogens (tertiary/aromatic N) is 2. The molecule has 0 saturated carbocycles. The maximum Gasteiger partial charge on any atom is 0.262 e. The van der Waals surface area contributed by atoms with Crippen LogP contribution in [0.4, 0.5) is 5.69 Å². The van der Waals surface area contributed by atoms with E-state index >= 15 is 0 Å². The van der Waals surface area contributed by atoms with Crippen molar-refractivity contribution in [1.82, 2.24) is 5.32 Å². The number of aliphatic hydroxyl groups excluding tert-OH is 1. The summed E-state index contributed by atoms with van der Waals surface area (Å²) < 4.78 is 10.4. The lowest BCUT2D eigenvalue weighted by molar-refractivity contribution is -0.117. The SMILES string of the molecule is C/C(=C(/C#N)C(=O)NCCOCCOCCO)c1ccc2cc(N3CCC3)ccc2c1. The molecule has 0 aromatic heterocycles. The van der Waals surface area contributed by atoms with Crippen molar-refractivity contribution in [3.63, 3.8) is 0 Å². The zero-order valence-electron chi connectivity index (χ0n) is 17.9. The van der Waals surface area contributed by atoms with Crippen LogP contribution in [0.5, 0.6) is 0 Å². The van der Waals surface area contributed by atoms with Crippen LogP contribution < -0.4 is 10.2 Å². The highest BCUT2D eigenvalue weighted by Gasteiger charge is 2.16. The standard InChI is InChI=1S/C24H29N3O4/c1-18(23(17-25)24(29)26-7-11-30-13-14-31-12-10-28)19-3-4-21-16-22(27-8-2-9-27)6-5-20(21)15-19/h3-6,15-16,28H,2,7-14H2,1H3,(H,26,29)/b23-18+. The van der Waals surface area contributed by atoms with Gasteiger partial charge in [0.05, 0.1) is 33.0 Å². The summed E-state index contributed by atoms with van der Waals surface area (Å²) >= 11 is 0. The van der Waals surface area contributed by atoms with Crippen LogP contribution in [-0.2, 0) is 14.3 Å². The Kier molecular flexibility index (Phi) is 8.42. The Bertz CT molecular complexity index is 976. The minimum Gasteiger partial charge on any atom is -0.394 e. The number of aliphatic hydroxyl groups is 1. The van der Waals surface area contributed by atoms with E-state index in [0.29, 0.717) is 31.9 Å². The molecule has 31 heavy (non-hydrogen) atoms. The molecule has 1 aliphatic rings. The lowest BCUT2D eigenvalue weighted by Crippen LogP contribution is -2.36. The lowest BCUT2D eigenvalue weighted by atomic mass is 9.98. The third kappa shape index (κ3) is 6.05. The van der Waals surface area contributed by atoms with Gasteiger partial charge in [0.15, 0.2) is 0 Å². The van der Waals surface area contributed by atoms with Gasteiger partial charge in [-0.1, -0.05) is 18.2 Å². The van der Waals surface area contributed by atoms with Crippen molar-refractivity contribution in [3.05, 3.63) is 47.5 Å². The van der Waals surface area contributed by atoms with Gasteiger partial charge in [0.2, 0.25) is 0 Å². The first kappa shape index (κ1) is 22.8. The molecule has 0 aliphatic carbocycles. The summed E-state index contributed by atoms with van der Waals surface area (Å²) in [6.07, 6.45) is 1.24. The maximum atomic E-state index is 12.5. The average molecular weight is 424 g/mol. The summed E-state index contributed by atoms with van der Waals surface area (Å²) in [5.74, 6) is -0.409. The number of anilines is 1. The summed E-state index contributed by atoms with van der Waals surface area (Å²) in [7, 11) is 0. The Balaban J connectivity index is 1.60. The Morgan fingerprint density at radius 3 is 2.48 bits per heavy atom. The molecule has 164 valence electrons. The van der Waals surface area contributed by atoms with Gasteiger partial charge in [0.1, 0.15) is 11.6 Å². The maximum absolute atomic E-state index is 12.5. The van der Waals surface area contributed by atoms with Crippen LogP contribution in [0.2, 0.25) is 0 Å². The van der Waals surface area contributed by atoms with Gasteiger partial charge in [-0.05, 0) is 53.5 Å². The molecule has 3 rings (SSSR count). The van der Waals surface area contributed by atoms with E-state index in [1.807, 2.05) is 24.3 Å². The van der Waals surface area contributed by atoms with Crippen LogP contribution in [0.3, 0.4) is 0 Å². The molecule has 7 heteroatoms. The molecule has 0 radical (unpaired) electrons. The number of hydrogen-bond donors (Lipinski definition) is 2. The van der Waals surface area contributed by atoms with Gasteiger partial charge in [0, 0.05) is 25.3 Å². The Morgan fingerprint density at radius 1 is 1.10 bits per heavy atom. The number of benzene rings is 2. The number of nitrogens with one attached hydrogen (secondary N) is 1. The van der Waals surface area contributed by atoms with Gasteiger partial charge in [0.25, 0.3) is 5.91 Å². The molecule has 7 nitrogen and oxygen atoms in total. The zero-order valence-corrected chi connectivity index (χ0v) is 17.9. The number of carbonyl (C=O) groups excluding carboxylic acids is 1. The number of fused-ring (bicyclic) bond motifs is 1. The van der Waals surface area contributed by atoms with E-state index in [0.717, 1.165) is 29.4 Å². The van der Waals surface area contributed by atoms with E-state index < -0.39 is 5.91 Å². The quantitative estimate of drug-likeness (QED) is 0.328. The zero-order chi connectivity index (χ0) is 22.1. The molecular formula is C24H29N3O4. The third-order valence-corrected chi connectivity index (χ3v) is 5.33. The number of allylic oxidation sites excluding steroid dienone is 1. The summed E-state index contributed by atoms with van der Waals surface area (Å²) in [5, 5.41) is 23.1. The fraction of sp³-hybridized carbons (Fsp3) is 0.417. The van der Waals surface area contributed by atoms with Crippen LogP contribution in [0, 0.1) is 11.3 Å². The van der Waals surface area contributed by atoms with Crippen LogP contribution in [0.15, 0.2) is 42.0 Å². The molecule has 1 aliphatic heterocycles. The van der Waals surface area contributed by atoms with E-state index in [9.17, 15) is 10.1 Å². The van der Waals surface area contributed by atoms with Crippen LogP contribution in [0.1, 0.15) is 18.9 Å². The van der Waals surface area contributed by atoms with E-state index in [-0.39, 0.29) is 18.8 Å². The molecule has 2 aromatic rings. The van der Waals surface area contributed by atoms with Gasteiger partial charge < -0.3 is 24.8 Å². The topological polar surface area (TPSA) is 94.8 Å². The molecule has 0 bridgehead atoms. The van der Waals surface area contributed by atoms with Crippen molar-refractivity contribution in [2.75, 3.05) is 57.6 Å². The van der Waals surface area contributed by atoms with E-state index in [2.05, 4.69) is 28.4 Å². The van der Waals surface area contributed by atoms with Crippen LogP contribution in [0.25, 0.3) is 16.3 Å². The number of nitriles is 1. The lowest BCUT2D eigenvalue weighted by Gasteiger charge is -2.33. The molecular weight excluding hydrogens is 394 g/mol.